The van der Waals surface area contributed by atoms with Crippen LogP contribution in [0.5, 0.6) is 0 Å². The molecular formula is C49H97NO9. The first-order chi connectivity index (χ1) is 28.7. The topological polar surface area (TPSA) is 180 Å². The third-order valence-electron chi connectivity index (χ3n) is 12.9. The van der Waals surface area contributed by atoms with Crippen LogP contribution in [0.3, 0.4) is 0 Å². The van der Waals surface area contributed by atoms with Crippen LogP contribution in [0, 0.1) is 5.92 Å². The average molecular weight is 844 g/mol. The second kappa shape index (κ2) is 38.8. The number of rotatable bonds is 42. The van der Waals surface area contributed by atoms with E-state index in [4.69, 9.17) is 4.74 Å². The molecule has 352 valence electrons. The Labute approximate surface area is 362 Å². The van der Waals surface area contributed by atoms with Gasteiger partial charge in [-0.15, -0.1) is 0 Å². The van der Waals surface area contributed by atoms with E-state index in [0.717, 1.165) is 44.9 Å². The van der Waals surface area contributed by atoms with Crippen molar-refractivity contribution in [2.75, 3.05) is 13.2 Å². The van der Waals surface area contributed by atoms with Gasteiger partial charge in [0.05, 0.1) is 31.0 Å². The molecule has 0 heterocycles. The third kappa shape index (κ3) is 28.5. The molecule has 0 aromatic rings. The number of nitrogens with one attached hydrogen (secondary N) is 1. The van der Waals surface area contributed by atoms with Crippen LogP contribution in [0.2, 0.25) is 0 Å². The van der Waals surface area contributed by atoms with E-state index in [2.05, 4.69) is 19.2 Å². The van der Waals surface area contributed by atoms with E-state index in [9.17, 15) is 40.5 Å². The largest absolute Gasteiger partial charge is 0.396 e. The second-order valence-corrected chi connectivity index (χ2v) is 18.4. The molecule has 0 aromatic carbocycles. The van der Waals surface area contributed by atoms with Gasteiger partial charge in [0.1, 0.15) is 24.4 Å². The Kier molecular flexibility index (Phi) is 36.9. The number of aliphatic hydroxyl groups excluding tert-OH is 7. The van der Waals surface area contributed by atoms with Crippen LogP contribution >= 0.6 is 0 Å². The minimum atomic E-state index is -1.52. The lowest BCUT2D eigenvalue weighted by molar-refractivity contribution is -0.182. The van der Waals surface area contributed by atoms with Gasteiger partial charge in [-0.05, 0) is 19.3 Å². The fraction of sp³-hybridized carbons (Fsp3) is 0.980. The predicted molar refractivity (Wildman–Crippen MR) is 241 cm³/mol. The normalized spacial score (nSPS) is 21.7. The van der Waals surface area contributed by atoms with Crippen LogP contribution in [-0.2, 0) is 9.53 Å². The van der Waals surface area contributed by atoms with Gasteiger partial charge in [0.2, 0.25) is 5.91 Å². The van der Waals surface area contributed by atoms with Crippen LogP contribution in [0.25, 0.3) is 0 Å². The number of hydrogen-bond donors (Lipinski definition) is 8. The quantitative estimate of drug-likeness (QED) is 0.0278. The smallest absolute Gasteiger partial charge is 0.249 e. The lowest BCUT2D eigenvalue weighted by Gasteiger charge is -2.40. The molecule has 1 aliphatic carbocycles. The molecule has 59 heavy (non-hydrogen) atoms. The Morgan fingerprint density at radius 3 is 1.25 bits per heavy atom. The van der Waals surface area contributed by atoms with Crippen LogP contribution in [0.15, 0.2) is 0 Å². The van der Waals surface area contributed by atoms with Crippen molar-refractivity contribution in [3.63, 3.8) is 0 Å². The zero-order valence-electron chi connectivity index (χ0n) is 38.3. The van der Waals surface area contributed by atoms with Gasteiger partial charge in [-0.3, -0.25) is 4.79 Å². The van der Waals surface area contributed by atoms with Crippen molar-refractivity contribution in [3.05, 3.63) is 0 Å². The van der Waals surface area contributed by atoms with E-state index in [-0.39, 0.29) is 13.0 Å². The van der Waals surface area contributed by atoms with Crippen LogP contribution < -0.4 is 5.32 Å². The highest BCUT2D eigenvalue weighted by Crippen LogP contribution is 2.28. The SMILES string of the molecule is CCCCCCCCCCCCCCCCCCCCCCC(O)C(=O)N[C@@H](CO[C@H]1C[C@H](CO)[C@H](O)[C@H](O)[C@H]1O)[C@H](O)[C@H](O)CCCCCCCCCCCCCC. The first-order valence-electron chi connectivity index (χ1n) is 25.3. The molecule has 1 amide bonds. The fourth-order valence-electron chi connectivity index (χ4n) is 8.72. The molecule has 8 N–H and O–H groups in total. The van der Waals surface area contributed by atoms with E-state index in [1.165, 1.54) is 154 Å². The summed E-state index contributed by atoms with van der Waals surface area (Å²) in [5.41, 5.74) is 0. The number of hydrogen-bond acceptors (Lipinski definition) is 9. The van der Waals surface area contributed by atoms with Crippen LogP contribution in [-0.4, -0.2) is 104 Å². The van der Waals surface area contributed by atoms with Gasteiger partial charge in [-0.1, -0.05) is 219 Å². The average Bonchev–Trinajstić information content (AvgIpc) is 3.23. The molecule has 10 heteroatoms. The number of carbonyl (C=O) groups excluding carboxylic acids is 1. The second-order valence-electron chi connectivity index (χ2n) is 18.4. The molecule has 9 atom stereocenters. The van der Waals surface area contributed by atoms with Crippen molar-refractivity contribution in [1.29, 1.82) is 0 Å². The first kappa shape index (κ1) is 56.2. The zero-order chi connectivity index (χ0) is 43.4. The molecular weight excluding hydrogens is 747 g/mol. The van der Waals surface area contributed by atoms with Gasteiger partial charge in [0.15, 0.2) is 0 Å². The highest BCUT2D eigenvalue weighted by molar-refractivity contribution is 5.80. The van der Waals surface area contributed by atoms with Gasteiger partial charge >= 0.3 is 0 Å². The molecule has 1 rings (SSSR count). The summed E-state index contributed by atoms with van der Waals surface area (Å²) < 4.78 is 5.88. The lowest BCUT2D eigenvalue weighted by atomic mass is 9.81. The van der Waals surface area contributed by atoms with Crippen molar-refractivity contribution in [2.24, 2.45) is 5.92 Å². The summed E-state index contributed by atoms with van der Waals surface area (Å²) >= 11 is 0. The fourth-order valence-corrected chi connectivity index (χ4v) is 8.72. The van der Waals surface area contributed by atoms with Gasteiger partial charge in [0, 0.05) is 12.5 Å². The minimum Gasteiger partial charge on any atom is -0.396 e. The number of carbonyl (C=O) groups is 1. The highest BCUT2D eigenvalue weighted by Gasteiger charge is 2.43. The van der Waals surface area contributed by atoms with Gasteiger partial charge in [-0.25, -0.2) is 0 Å². The zero-order valence-corrected chi connectivity index (χ0v) is 38.3. The first-order valence-corrected chi connectivity index (χ1v) is 25.3. The summed E-state index contributed by atoms with van der Waals surface area (Å²) in [6.07, 6.45) is 31.5. The van der Waals surface area contributed by atoms with Crippen molar-refractivity contribution in [1.82, 2.24) is 5.32 Å². The maximum Gasteiger partial charge on any atom is 0.249 e. The summed E-state index contributed by atoms with van der Waals surface area (Å²) in [5, 5.41) is 76.3. The van der Waals surface area contributed by atoms with Crippen LogP contribution in [0.4, 0.5) is 0 Å². The molecule has 10 nitrogen and oxygen atoms in total. The van der Waals surface area contributed by atoms with Gasteiger partial charge in [-0.2, -0.15) is 0 Å². The predicted octanol–water partition coefficient (Wildman–Crippen LogP) is 9.34. The summed E-state index contributed by atoms with van der Waals surface area (Å²) in [6, 6.07) is -1.08. The summed E-state index contributed by atoms with van der Waals surface area (Å²) in [6.45, 7) is 3.81. The number of amides is 1. The van der Waals surface area contributed by atoms with Crippen molar-refractivity contribution >= 4 is 5.91 Å². The van der Waals surface area contributed by atoms with E-state index >= 15 is 0 Å². The number of aliphatic hydroxyl groups is 7. The standard InChI is InChI=1S/C49H97NO9/c1-3-5-7-9-11-13-15-17-18-19-20-21-22-23-24-26-28-30-32-34-36-43(53)49(58)50-41(39-59-44-37-40(38-51)45(54)48(57)47(44)56)46(55)42(52)35-33-31-29-27-25-16-14-12-10-8-6-4-2/h40-48,51-57H,3-39H2,1-2H3,(H,50,58)/t40-,41+,42-,43?,44+,45+,46+,47+,48+/m1/s1. The summed E-state index contributed by atoms with van der Waals surface area (Å²) in [4.78, 5) is 13.1. The summed E-state index contributed by atoms with van der Waals surface area (Å²) in [5.74, 6) is -1.36. The Hall–Kier alpha value is -0.850. The van der Waals surface area contributed by atoms with Crippen molar-refractivity contribution < 1.29 is 45.3 Å². The molecule has 0 radical (unpaired) electrons. The Bertz CT molecular complexity index is 926. The minimum absolute atomic E-state index is 0.0656. The molecule has 0 bridgehead atoms. The molecule has 1 saturated carbocycles. The Morgan fingerprint density at radius 2 is 0.881 bits per heavy atom. The number of ether oxygens (including phenoxy) is 1. The Morgan fingerprint density at radius 1 is 0.525 bits per heavy atom. The molecule has 1 fully saturated rings. The molecule has 0 saturated heterocycles. The molecule has 0 aromatic heterocycles. The van der Waals surface area contributed by atoms with E-state index in [1.54, 1.807) is 0 Å². The van der Waals surface area contributed by atoms with Gasteiger partial charge in [0.25, 0.3) is 0 Å². The Balaban J connectivity index is 2.37. The third-order valence-corrected chi connectivity index (χ3v) is 12.9. The lowest BCUT2D eigenvalue weighted by Crippen LogP contribution is -2.57. The van der Waals surface area contributed by atoms with E-state index < -0.39 is 67.2 Å². The monoisotopic (exact) mass is 844 g/mol. The van der Waals surface area contributed by atoms with E-state index in [0.29, 0.717) is 19.3 Å². The van der Waals surface area contributed by atoms with Gasteiger partial charge < -0.3 is 45.8 Å². The number of unbranched alkanes of at least 4 members (excludes halogenated alkanes) is 30. The highest BCUT2D eigenvalue weighted by atomic mass is 16.5. The van der Waals surface area contributed by atoms with Crippen LogP contribution in [0.1, 0.15) is 239 Å². The van der Waals surface area contributed by atoms with E-state index in [1.807, 2.05) is 0 Å². The van der Waals surface area contributed by atoms with Crippen molar-refractivity contribution in [3.8, 4) is 0 Å². The molecule has 1 unspecified atom stereocenters. The molecule has 0 spiro atoms. The van der Waals surface area contributed by atoms with Crippen molar-refractivity contribution in [2.45, 2.75) is 287 Å². The maximum absolute atomic E-state index is 13.1. The maximum atomic E-state index is 13.1. The molecule has 0 aliphatic heterocycles. The molecule has 1 aliphatic rings. The summed E-state index contributed by atoms with van der Waals surface area (Å²) in [7, 11) is 0.